The third-order valence-electron chi connectivity index (χ3n) is 3.14. The molecule has 0 aliphatic carbocycles. The van der Waals surface area contributed by atoms with Gasteiger partial charge in [-0.2, -0.15) is 0 Å². The number of hydrogen-bond acceptors (Lipinski definition) is 2. The van der Waals surface area contributed by atoms with Crippen LogP contribution < -0.4 is 10.5 Å². The molecular weight excluding hydrogens is 321 g/mol. The molecule has 0 bridgehead atoms. The van der Waals surface area contributed by atoms with E-state index in [1.807, 2.05) is 25.1 Å². The highest BCUT2D eigenvalue weighted by molar-refractivity contribution is 9.10. The number of halogens is 2. The van der Waals surface area contributed by atoms with Crippen molar-refractivity contribution in [2.75, 3.05) is 6.54 Å². The highest BCUT2D eigenvalue weighted by Crippen LogP contribution is 2.30. The van der Waals surface area contributed by atoms with Crippen molar-refractivity contribution in [3.05, 3.63) is 63.4 Å². The van der Waals surface area contributed by atoms with Crippen LogP contribution >= 0.6 is 15.9 Å². The van der Waals surface area contributed by atoms with Crippen LogP contribution in [0.1, 0.15) is 16.7 Å². The van der Waals surface area contributed by atoms with Gasteiger partial charge in [0, 0.05) is 0 Å². The van der Waals surface area contributed by atoms with Gasteiger partial charge in [-0.25, -0.2) is 4.39 Å². The SMILES string of the molecule is Cc1cc(F)ccc1COc1c(Br)cccc1CCN. The summed E-state index contributed by atoms with van der Waals surface area (Å²) < 4.78 is 19.9. The van der Waals surface area contributed by atoms with Gasteiger partial charge in [0.05, 0.1) is 4.47 Å². The Morgan fingerprint density at radius 1 is 1.20 bits per heavy atom. The third kappa shape index (κ3) is 3.58. The van der Waals surface area contributed by atoms with E-state index in [-0.39, 0.29) is 5.82 Å². The predicted octanol–water partition coefficient (Wildman–Crippen LogP) is 3.98. The molecule has 0 unspecified atom stereocenters. The van der Waals surface area contributed by atoms with E-state index in [4.69, 9.17) is 10.5 Å². The first kappa shape index (κ1) is 15.0. The summed E-state index contributed by atoms with van der Waals surface area (Å²) in [6.45, 7) is 2.86. The first-order chi connectivity index (χ1) is 9.61. The maximum Gasteiger partial charge on any atom is 0.137 e. The molecule has 2 aromatic rings. The van der Waals surface area contributed by atoms with Crippen molar-refractivity contribution in [1.29, 1.82) is 0 Å². The van der Waals surface area contributed by atoms with Gasteiger partial charge in [-0.15, -0.1) is 0 Å². The van der Waals surface area contributed by atoms with E-state index in [2.05, 4.69) is 15.9 Å². The lowest BCUT2D eigenvalue weighted by Gasteiger charge is -2.14. The van der Waals surface area contributed by atoms with Gasteiger partial charge in [0.2, 0.25) is 0 Å². The third-order valence-corrected chi connectivity index (χ3v) is 3.76. The van der Waals surface area contributed by atoms with Crippen molar-refractivity contribution < 1.29 is 9.13 Å². The molecule has 0 aromatic heterocycles. The second-order valence-corrected chi connectivity index (χ2v) is 5.48. The molecule has 0 aliphatic rings. The summed E-state index contributed by atoms with van der Waals surface area (Å²) in [5, 5.41) is 0. The quantitative estimate of drug-likeness (QED) is 0.895. The Morgan fingerprint density at radius 3 is 2.70 bits per heavy atom. The number of hydrogen-bond donors (Lipinski definition) is 1. The molecule has 0 radical (unpaired) electrons. The van der Waals surface area contributed by atoms with Gasteiger partial charge < -0.3 is 10.5 Å². The van der Waals surface area contributed by atoms with Gasteiger partial charge in [-0.1, -0.05) is 18.2 Å². The lowest BCUT2D eigenvalue weighted by atomic mass is 10.1. The molecule has 0 atom stereocenters. The smallest absolute Gasteiger partial charge is 0.137 e. The second-order valence-electron chi connectivity index (χ2n) is 4.63. The molecule has 4 heteroatoms. The number of rotatable bonds is 5. The molecule has 0 spiro atoms. The lowest BCUT2D eigenvalue weighted by Crippen LogP contribution is -2.06. The zero-order valence-corrected chi connectivity index (χ0v) is 12.9. The number of ether oxygens (including phenoxy) is 1. The molecule has 2 N–H and O–H groups in total. The van der Waals surface area contributed by atoms with Crippen molar-refractivity contribution in [1.82, 2.24) is 0 Å². The van der Waals surface area contributed by atoms with E-state index in [1.165, 1.54) is 12.1 Å². The molecule has 20 heavy (non-hydrogen) atoms. The fraction of sp³-hybridized carbons (Fsp3) is 0.250. The average Bonchev–Trinajstić information content (AvgIpc) is 2.40. The fourth-order valence-corrected chi connectivity index (χ4v) is 2.56. The molecule has 0 heterocycles. The first-order valence-electron chi connectivity index (χ1n) is 6.47. The van der Waals surface area contributed by atoms with E-state index in [1.54, 1.807) is 6.07 Å². The molecular formula is C16H17BrFNO. The van der Waals surface area contributed by atoms with Crippen LogP contribution in [0.2, 0.25) is 0 Å². The minimum atomic E-state index is -0.226. The van der Waals surface area contributed by atoms with E-state index in [9.17, 15) is 4.39 Å². The Bertz CT molecular complexity index is 601. The Kier molecular flexibility index (Phi) is 5.15. The zero-order chi connectivity index (χ0) is 14.5. The maximum atomic E-state index is 13.1. The summed E-state index contributed by atoms with van der Waals surface area (Å²) in [4.78, 5) is 0. The molecule has 0 saturated carbocycles. The highest BCUT2D eigenvalue weighted by atomic mass is 79.9. The highest BCUT2D eigenvalue weighted by Gasteiger charge is 2.09. The first-order valence-corrected chi connectivity index (χ1v) is 7.26. The van der Waals surface area contributed by atoms with E-state index >= 15 is 0 Å². The van der Waals surface area contributed by atoms with Gasteiger partial charge in [0.25, 0.3) is 0 Å². The van der Waals surface area contributed by atoms with Crippen LogP contribution in [0.3, 0.4) is 0 Å². The van der Waals surface area contributed by atoms with Gasteiger partial charge >= 0.3 is 0 Å². The molecule has 0 fully saturated rings. The van der Waals surface area contributed by atoms with Gasteiger partial charge in [0.15, 0.2) is 0 Å². The minimum Gasteiger partial charge on any atom is -0.487 e. The molecule has 0 saturated heterocycles. The summed E-state index contributed by atoms with van der Waals surface area (Å²) in [7, 11) is 0. The van der Waals surface area contributed by atoms with Gasteiger partial charge in [-0.05, 0) is 70.7 Å². The largest absolute Gasteiger partial charge is 0.487 e. The molecule has 0 aliphatic heterocycles. The Hall–Kier alpha value is -1.39. The van der Waals surface area contributed by atoms with Crippen LogP contribution in [-0.4, -0.2) is 6.54 Å². The summed E-state index contributed by atoms with van der Waals surface area (Å²) >= 11 is 3.49. The molecule has 106 valence electrons. The molecule has 0 amide bonds. The Morgan fingerprint density at radius 2 is 2.00 bits per heavy atom. The summed E-state index contributed by atoms with van der Waals surface area (Å²) in [6, 6.07) is 10.6. The van der Waals surface area contributed by atoms with Gasteiger partial charge in [-0.3, -0.25) is 0 Å². The second kappa shape index (κ2) is 6.86. The molecule has 2 rings (SSSR count). The monoisotopic (exact) mass is 337 g/mol. The van der Waals surface area contributed by atoms with E-state index in [0.29, 0.717) is 13.2 Å². The average molecular weight is 338 g/mol. The zero-order valence-electron chi connectivity index (χ0n) is 11.3. The van der Waals surface area contributed by atoms with Crippen molar-refractivity contribution in [2.45, 2.75) is 20.0 Å². The van der Waals surface area contributed by atoms with Crippen LogP contribution in [0.25, 0.3) is 0 Å². The number of benzene rings is 2. The Labute approximate surface area is 126 Å². The Balaban J connectivity index is 2.18. The maximum absolute atomic E-state index is 13.1. The normalized spacial score (nSPS) is 10.6. The predicted molar refractivity (Wildman–Crippen MR) is 82.4 cm³/mol. The van der Waals surface area contributed by atoms with Crippen LogP contribution in [0.4, 0.5) is 4.39 Å². The standard InChI is InChI=1S/C16H17BrFNO/c1-11-9-14(18)6-5-13(11)10-20-16-12(7-8-19)3-2-4-15(16)17/h2-6,9H,7-8,10,19H2,1H3. The van der Waals surface area contributed by atoms with Crippen LogP contribution in [0.5, 0.6) is 5.75 Å². The van der Waals surface area contributed by atoms with Crippen LogP contribution in [-0.2, 0) is 13.0 Å². The summed E-state index contributed by atoms with van der Waals surface area (Å²) in [5.74, 6) is 0.581. The topological polar surface area (TPSA) is 35.2 Å². The van der Waals surface area contributed by atoms with Crippen molar-refractivity contribution in [3.63, 3.8) is 0 Å². The number of aryl methyl sites for hydroxylation is 1. The van der Waals surface area contributed by atoms with Crippen molar-refractivity contribution >= 4 is 15.9 Å². The number of para-hydroxylation sites is 1. The van der Waals surface area contributed by atoms with Crippen LogP contribution in [0.15, 0.2) is 40.9 Å². The van der Waals surface area contributed by atoms with E-state index < -0.39 is 0 Å². The fourth-order valence-electron chi connectivity index (χ4n) is 2.04. The van der Waals surface area contributed by atoms with Crippen LogP contribution in [0, 0.1) is 12.7 Å². The van der Waals surface area contributed by atoms with Gasteiger partial charge in [0.1, 0.15) is 18.2 Å². The minimum absolute atomic E-state index is 0.226. The molecule has 2 nitrogen and oxygen atoms in total. The summed E-state index contributed by atoms with van der Waals surface area (Å²) in [5.41, 5.74) is 8.55. The van der Waals surface area contributed by atoms with Crippen molar-refractivity contribution in [2.24, 2.45) is 5.73 Å². The summed E-state index contributed by atoms with van der Waals surface area (Å²) in [6.07, 6.45) is 0.761. The number of nitrogens with two attached hydrogens (primary N) is 1. The molecule has 2 aromatic carbocycles. The van der Waals surface area contributed by atoms with E-state index in [0.717, 1.165) is 33.3 Å². The van der Waals surface area contributed by atoms with Crippen molar-refractivity contribution in [3.8, 4) is 5.75 Å². The lowest BCUT2D eigenvalue weighted by molar-refractivity contribution is 0.300.